The number of nitrogen functional groups attached to an aromatic ring is 1. The highest BCUT2D eigenvalue weighted by Crippen LogP contribution is 2.28. The van der Waals surface area contributed by atoms with E-state index in [1.807, 2.05) is 24.3 Å². The van der Waals surface area contributed by atoms with Crippen LogP contribution in [-0.2, 0) is 4.79 Å². The van der Waals surface area contributed by atoms with Crippen LogP contribution in [0.1, 0.15) is 16.7 Å². The summed E-state index contributed by atoms with van der Waals surface area (Å²) in [6.45, 7) is 1.64. The number of nitriles is 2. The highest BCUT2D eigenvalue weighted by atomic mass is 79.9. The van der Waals surface area contributed by atoms with Crippen molar-refractivity contribution in [3.8, 4) is 12.1 Å². The Hall–Kier alpha value is -2.55. The summed E-state index contributed by atoms with van der Waals surface area (Å²) >= 11 is 4.44. The second kappa shape index (κ2) is 7.82. The van der Waals surface area contributed by atoms with Gasteiger partial charge in [-0.25, -0.2) is 4.98 Å². The van der Waals surface area contributed by atoms with Gasteiger partial charge in [0.25, 0.3) is 0 Å². The van der Waals surface area contributed by atoms with Gasteiger partial charge in [-0.1, -0.05) is 33.8 Å². The Bertz CT molecular complexity index is 885. The van der Waals surface area contributed by atoms with Gasteiger partial charge < -0.3 is 11.1 Å². The van der Waals surface area contributed by atoms with Gasteiger partial charge >= 0.3 is 0 Å². The minimum absolute atomic E-state index is 0.0592. The van der Waals surface area contributed by atoms with Crippen LogP contribution in [0.4, 0.5) is 11.5 Å². The predicted molar refractivity (Wildman–Crippen MR) is 96.3 cm³/mol. The molecule has 0 saturated carbocycles. The van der Waals surface area contributed by atoms with Crippen LogP contribution in [0.3, 0.4) is 0 Å². The van der Waals surface area contributed by atoms with Gasteiger partial charge in [0, 0.05) is 10.2 Å². The normalized spacial score (nSPS) is 9.83. The van der Waals surface area contributed by atoms with Crippen LogP contribution in [-0.4, -0.2) is 16.6 Å². The maximum absolute atomic E-state index is 12.0. The Kier molecular flexibility index (Phi) is 5.80. The molecule has 8 heteroatoms. The molecule has 0 fully saturated rings. The average molecular weight is 402 g/mol. The number of hydrogen-bond acceptors (Lipinski definition) is 6. The Morgan fingerprint density at radius 3 is 2.71 bits per heavy atom. The first-order valence-corrected chi connectivity index (χ1v) is 8.52. The first kappa shape index (κ1) is 17.8. The van der Waals surface area contributed by atoms with E-state index in [1.54, 1.807) is 19.1 Å². The van der Waals surface area contributed by atoms with Crippen molar-refractivity contribution in [3.63, 3.8) is 0 Å². The van der Waals surface area contributed by atoms with Crippen LogP contribution in [0, 0.1) is 29.6 Å². The Labute approximate surface area is 151 Å². The molecule has 0 aliphatic heterocycles. The fourth-order valence-corrected chi connectivity index (χ4v) is 3.22. The van der Waals surface area contributed by atoms with Crippen molar-refractivity contribution in [2.24, 2.45) is 0 Å². The molecule has 0 atom stereocenters. The number of carbonyl (C=O) groups is 1. The number of benzene rings is 1. The number of anilines is 2. The topological polar surface area (TPSA) is 116 Å². The van der Waals surface area contributed by atoms with Gasteiger partial charge in [0.2, 0.25) is 5.91 Å². The van der Waals surface area contributed by atoms with Gasteiger partial charge in [0.1, 0.15) is 23.0 Å². The quantitative estimate of drug-likeness (QED) is 0.759. The third-order valence-corrected chi connectivity index (χ3v) is 4.58. The van der Waals surface area contributed by atoms with Crippen molar-refractivity contribution < 1.29 is 4.79 Å². The number of halogens is 1. The van der Waals surface area contributed by atoms with E-state index in [2.05, 4.69) is 26.2 Å². The van der Waals surface area contributed by atoms with E-state index in [9.17, 15) is 10.1 Å². The number of nitrogens with one attached hydrogen (secondary N) is 1. The second-order valence-electron chi connectivity index (χ2n) is 4.75. The van der Waals surface area contributed by atoms with Gasteiger partial charge in [-0.3, -0.25) is 4.79 Å². The predicted octanol–water partition coefficient (Wildman–Crippen LogP) is 3.21. The number of aromatic nitrogens is 1. The molecule has 2 aromatic rings. The van der Waals surface area contributed by atoms with Gasteiger partial charge in [-0.05, 0) is 30.7 Å². The number of thioether (sulfide) groups is 1. The average Bonchev–Trinajstić information content (AvgIpc) is 2.53. The van der Waals surface area contributed by atoms with Gasteiger partial charge in [0.05, 0.1) is 16.9 Å². The summed E-state index contributed by atoms with van der Waals surface area (Å²) in [5, 5.41) is 21.4. The second-order valence-corrected chi connectivity index (χ2v) is 6.63. The van der Waals surface area contributed by atoms with Crippen molar-refractivity contribution in [2.75, 3.05) is 16.8 Å². The van der Waals surface area contributed by atoms with Crippen molar-refractivity contribution in [1.29, 1.82) is 10.5 Å². The third kappa shape index (κ3) is 4.05. The molecule has 3 N–H and O–H groups in total. The summed E-state index contributed by atoms with van der Waals surface area (Å²) in [5.74, 6) is -0.104. The molecule has 1 aromatic carbocycles. The van der Waals surface area contributed by atoms with Crippen molar-refractivity contribution in [3.05, 3.63) is 45.4 Å². The number of nitrogens with two attached hydrogens (primary N) is 1. The number of nitrogens with zero attached hydrogens (tertiary/aromatic N) is 3. The Morgan fingerprint density at radius 1 is 1.38 bits per heavy atom. The minimum Gasteiger partial charge on any atom is -0.383 e. The number of pyridine rings is 1. The van der Waals surface area contributed by atoms with E-state index in [0.29, 0.717) is 16.3 Å². The van der Waals surface area contributed by atoms with E-state index >= 15 is 0 Å². The lowest BCUT2D eigenvalue weighted by molar-refractivity contribution is -0.113. The molecule has 1 heterocycles. The van der Waals surface area contributed by atoms with Gasteiger partial charge in [-0.2, -0.15) is 10.5 Å². The molecule has 6 nitrogen and oxygen atoms in total. The van der Waals surface area contributed by atoms with Gasteiger partial charge in [-0.15, -0.1) is 0 Å². The number of rotatable bonds is 4. The smallest absolute Gasteiger partial charge is 0.234 e. The van der Waals surface area contributed by atoms with Crippen LogP contribution < -0.4 is 11.1 Å². The molecule has 0 unspecified atom stereocenters. The lowest BCUT2D eigenvalue weighted by Crippen LogP contribution is -2.14. The molecule has 2 rings (SSSR count). The van der Waals surface area contributed by atoms with Crippen LogP contribution in [0.15, 0.2) is 33.8 Å². The summed E-state index contributed by atoms with van der Waals surface area (Å²) in [4.78, 5) is 16.1. The van der Waals surface area contributed by atoms with Crippen LogP contribution in [0.2, 0.25) is 0 Å². The first-order valence-electron chi connectivity index (χ1n) is 6.74. The maximum Gasteiger partial charge on any atom is 0.234 e. The van der Waals surface area contributed by atoms with Crippen LogP contribution in [0.5, 0.6) is 0 Å². The molecular formula is C16H12BrN5OS. The molecule has 120 valence electrons. The zero-order chi connectivity index (χ0) is 17.7. The molecule has 24 heavy (non-hydrogen) atoms. The third-order valence-electron chi connectivity index (χ3n) is 3.11. The molecule has 0 aliphatic carbocycles. The fraction of sp³-hybridized carbons (Fsp3) is 0.125. The van der Waals surface area contributed by atoms with Gasteiger partial charge in [0.15, 0.2) is 0 Å². The summed E-state index contributed by atoms with van der Waals surface area (Å²) in [6, 6.07) is 11.2. The van der Waals surface area contributed by atoms with E-state index in [-0.39, 0.29) is 28.6 Å². The molecule has 0 radical (unpaired) electrons. The molecule has 1 aromatic heterocycles. The van der Waals surface area contributed by atoms with E-state index < -0.39 is 0 Å². The fourth-order valence-electron chi connectivity index (χ4n) is 1.97. The Morgan fingerprint density at radius 2 is 2.08 bits per heavy atom. The Balaban J connectivity index is 2.13. The molecule has 0 saturated heterocycles. The molecule has 0 aliphatic rings. The van der Waals surface area contributed by atoms with E-state index in [4.69, 9.17) is 11.0 Å². The molecular weight excluding hydrogens is 390 g/mol. The molecule has 1 amide bonds. The van der Waals surface area contributed by atoms with E-state index in [0.717, 1.165) is 16.2 Å². The van der Waals surface area contributed by atoms with Crippen molar-refractivity contribution in [1.82, 2.24) is 4.98 Å². The lowest BCUT2D eigenvalue weighted by atomic mass is 10.1. The van der Waals surface area contributed by atoms with Crippen molar-refractivity contribution >= 4 is 45.1 Å². The first-order chi connectivity index (χ1) is 11.5. The highest BCUT2D eigenvalue weighted by Gasteiger charge is 2.16. The molecule has 0 spiro atoms. The SMILES string of the molecule is Cc1c(C#N)c(N)nc(SCC(=O)Nc2cccc(Br)c2)c1C#N. The summed E-state index contributed by atoms with van der Waals surface area (Å²) < 4.78 is 0.858. The standard InChI is InChI=1S/C16H12BrN5OS/c1-9-12(6-18)15(20)22-16(13(9)7-19)24-8-14(23)21-11-4-2-3-10(17)5-11/h2-5H,8H2,1H3,(H2,20,22)(H,21,23). The zero-order valence-electron chi connectivity index (χ0n) is 12.6. The largest absolute Gasteiger partial charge is 0.383 e. The number of amides is 1. The lowest BCUT2D eigenvalue weighted by Gasteiger charge is -2.09. The highest BCUT2D eigenvalue weighted by molar-refractivity contribution is 9.10. The minimum atomic E-state index is -0.232. The monoisotopic (exact) mass is 401 g/mol. The van der Waals surface area contributed by atoms with Crippen molar-refractivity contribution in [2.45, 2.75) is 11.9 Å². The van der Waals surface area contributed by atoms with Crippen LogP contribution >= 0.6 is 27.7 Å². The number of hydrogen-bond donors (Lipinski definition) is 2. The summed E-state index contributed by atoms with van der Waals surface area (Å²) in [7, 11) is 0. The summed E-state index contributed by atoms with van der Waals surface area (Å²) in [5.41, 5.74) is 7.34. The molecule has 0 bridgehead atoms. The summed E-state index contributed by atoms with van der Waals surface area (Å²) in [6.07, 6.45) is 0. The number of carbonyl (C=O) groups excluding carboxylic acids is 1. The zero-order valence-corrected chi connectivity index (χ0v) is 15.0. The van der Waals surface area contributed by atoms with E-state index in [1.165, 1.54) is 0 Å². The maximum atomic E-state index is 12.0. The van der Waals surface area contributed by atoms with Crippen LogP contribution in [0.25, 0.3) is 0 Å².